The van der Waals surface area contributed by atoms with Crippen molar-refractivity contribution in [3.8, 4) is 11.1 Å². The van der Waals surface area contributed by atoms with Gasteiger partial charge in [0.05, 0.1) is 0 Å². The number of hydrogen-bond acceptors (Lipinski definition) is 2. The van der Waals surface area contributed by atoms with Gasteiger partial charge in [0.1, 0.15) is 0 Å². The molecule has 0 unspecified atom stereocenters. The monoisotopic (exact) mass is 352 g/mol. The van der Waals surface area contributed by atoms with Crippen molar-refractivity contribution in [1.29, 1.82) is 0 Å². The Morgan fingerprint density at radius 3 is 1.29 bits per heavy atom. The van der Waals surface area contributed by atoms with E-state index in [2.05, 4.69) is 77.9 Å². The van der Waals surface area contributed by atoms with Gasteiger partial charge in [-0.1, -0.05) is 83.5 Å². The van der Waals surface area contributed by atoms with Gasteiger partial charge in [0.2, 0.25) is 0 Å². The minimum Gasteiger partial charge on any atom is -0.807 e. The third-order valence-electron chi connectivity index (χ3n) is 4.80. The van der Waals surface area contributed by atoms with Crippen LogP contribution < -0.4 is 0 Å². The van der Waals surface area contributed by atoms with Crippen LogP contribution in [-0.2, 0) is 36.1 Å². The maximum atomic E-state index is 5.46. The maximum Gasteiger partial charge on any atom is -0.0100 e. The van der Waals surface area contributed by atoms with Crippen molar-refractivity contribution in [2.24, 2.45) is 0 Å². The first-order valence-corrected chi connectivity index (χ1v) is 9.20. The maximum absolute atomic E-state index is 5.46. The van der Waals surface area contributed by atoms with Gasteiger partial charge in [0.15, 0.2) is 0 Å². The molecule has 2 aromatic rings. The highest BCUT2D eigenvalue weighted by Gasteiger charge is 2.26. The van der Waals surface area contributed by atoms with Gasteiger partial charge < -0.3 is 29.5 Å². The van der Waals surface area contributed by atoms with Crippen LogP contribution in [0.5, 0.6) is 0 Å². The molecule has 0 amide bonds. The summed E-state index contributed by atoms with van der Waals surface area (Å²) >= 11 is 10.9. The van der Waals surface area contributed by atoms with Gasteiger partial charge in [-0.25, -0.2) is 0 Å². The van der Waals surface area contributed by atoms with Crippen LogP contribution in [0.1, 0.15) is 63.8 Å². The fourth-order valence-corrected chi connectivity index (χ4v) is 3.71. The van der Waals surface area contributed by atoms with E-state index in [0.717, 1.165) is 5.57 Å². The molecule has 0 spiro atoms. The summed E-state index contributed by atoms with van der Waals surface area (Å²) in [5.41, 5.74) is 8.79. The highest BCUT2D eigenvalue weighted by molar-refractivity contribution is 7.85. The molecule has 0 aromatic heterocycles. The van der Waals surface area contributed by atoms with Crippen molar-refractivity contribution >= 4 is 30.8 Å². The largest absolute Gasteiger partial charge is 0.807 e. The highest BCUT2D eigenvalue weighted by Crippen LogP contribution is 2.47. The molecule has 0 nitrogen and oxygen atoms in total. The minimum atomic E-state index is 0.106. The fraction of sp³-hybridized carbons (Fsp3) is 0.364. The van der Waals surface area contributed by atoms with Crippen molar-refractivity contribution < 1.29 is 0 Å². The van der Waals surface area contributed by atoms with E-state index in [1.165, 1.54) is 33.4 Å². The van der Waals surface area contributed by atoms with Crippen molar-refractivity contribution in [3.63, 3.8) is 0 Å². The second kappa shape index (κ2) is 5.57. The standard InChI is InChI=1S/C22H26S2/c1-21(2,3)13-7-9-15-16-10-8-14(22(4,5)6)12-18(16)19(20(23)24)17(15)11-13/h7-12,23-24H,1-6H3/p-2. The summed E-state index contributed by atoms with van der Waals surface area (Å²) in [5.74, 6) is 0. The topological polar surface area (TPSA) is 0 Å². The van der Waals surface area contributed by atoms with Crippen LogP contribution in [0.3, 0.4) is 0 Å². The van der Waals surface area contributed by atoms with Gasteiger partial charge in [-0.2, -0.15) is 0 Å². The average Bonchev–Trinajstić information content (AvgIpc) is 2.78. The van der Waals surface area contributed by atoms with Crippen LogP contribution >= 0.6 is 0 Å². The second-order valence-electron chi connectivity index (χ2n) is 8.68. The summed E-state index contributed by atoms with van der Waals surface area (Å²) in [4.78, 5) is 0. The Kier molecular flexibility index (Phi) is 4.05. The van der Waals surface area contributed by atoms with Crippen LogP contribution in [0, 0.1) is 0 Å². The molecule has 1 aliphatic carbocycles. The third-order valence-corrected chi connectivity index (χ3v) is 5.21. The van der Waals surface area contributed by atoms with Gasteiger partial charge >= 0.3 is 0 Å². The molecule has 3 rings (SSSR count). The molecule has 1 aliphatic rings. The Labute approximate surface area is 157 Å². The molecule has 0 N–H and O–H groups in total. The summed E-state index contributed by atoms with van der Waals surface area (Å²) in [6, 6.07) is 13.5. The van der Waals surface area contributed by atoms with Crippen LogP contribution in [0.4, 0.5) is 0 Å². The summed E-state index contributed by atoms with van der Waals surface area (Å²) < 4.78 is 0.562. The van der Waals surface area contributed by atoms with Gasteiger partial charge in [0, 0.05) is 0 Å². The molecular weight excluding hydrogens is 328 g/mol. The molecule has 2 aromatic carbocycles. The first-order chi connectivity index (χ1) is 11.0. The van der Waals surface area contributed by atoms with Crippen molar-refractivity contribution in [1.82, 2.24) is 0 Å². The molecule has 0 saturated heterocycles. The Bertz CT molecular complexity index is 774. The molecule has 0 heterocycles. The summed E-state index contributed by atoms with van der Waals surface area (Å²) in [6.07, 6.45) is 0. The zero-order chi connectivity index (χ0) is 17.9. The normalized spacial score (nSPS) is 13.7. The highest BCUT2D eigenvalue weighted by atomic mass is 32.2. The SMILES string of the molecule is CC(C)(C)c1ccc2c(c1)C(=C([S-])[S-])c1cc(C(C)(C)C)ccc1-2. The van der Waals surface area contributed by atoms with Crippen molar-refractivity contribution in [2.45, 2.75) is 52.4 Å². The molecule has 2 heteroatoms. The number of benzene rings is 2. The summed E-state index contributed by atoms with van der Waals surface area (Å²) in [6.45, 7) is 13.4. The van der Waals surface area contributed by atoms with Gasteiger partial charge in [0.25, 0.3) is 0 Å². The Hall–Kier alpha value is -1.38. The lowest BCUT2D eigenvalue weighted by molar-refractivity contribution is 0.590. The van der Waals surface area contributed by atoms with E-state index >= 15 is 0 Å². The van der Waals surface area contributed by atoms with Crippen molar-refractivity contribution in [3.05, 3.63) is 62.9 Å². The van der Waals surface area contributed by atoms with E-state index in [0.29, 0.717) is 4.24 Å². The molecule has 0 atom stereocenters. The van der Waals surface area contributed by atoms with Crippen LogP contribution in [0.15, 0.2) is 40.6 Å². The fourth-order valence-electron chi connectivity index (χ4n) is 3.27. The third kappa shape index (κ3) is 2.87. The van der Waals surface area contributed by atoms with Gasteiger partial charge in [-0.15, -0.1) is 0 Å². The van der Waals surface area contributed by atoms with E-state index < -0.39 is 0 Å². The van der Waals surface area contributed by atoms with E-state index in [4.69, 9.17) is 25.3 Å². The zero-order valence-electron chi connectivity index (χ0n) is 15.3. The lowest BCUT2D eigenvalue weighted by atomic mass is 9.85. The van der Waals surface area contributed by atoms with E-state index in [-0.39, 0.29) is 10.8 Å². The molecule has 0 saturated carbocycles. The quantitative estimate of drug-likeness (QED) is 0.450. The molecular formula is C22H24S2-2. The van der Waals surface area contributed by atoms with Crippen LogP contribution in [-0.4, -0.2) is 0 Å². The molecule has 0 radical (unpaired) electrons. The van der Waals surface area contributed by atoms with Gasteiger partial charge in [-0.05, 0) is 44.2 Å². The Morgan fingerprint density at radius 1 is 0.625 bits per heavy atom. The minimum absolute atomic E-state index is 0.106. The van der Waals surface area contributed by atoms with Crippen LogP contribution in [0.25, 0.3) is 16.7 Å². The Balaban J connectivity index is 2.28. The first kappa shape index (κ1) is 17.4. The van der Waals surface area contributed by atoms with E-state index in [1.54, 1.807) is 0 Å². The van der Waals surface area contributed by atoms with Gasteiger partial charge in [-0.3, -0.25) is 0 Å². The number of fused-ring (bicyclic) bond motifs is 3. The molecule has 126 valence electrons. The lowest BCUT2D eigenvalue weighted by Crippen LogP contribution is -2.11. The Morgan fingerprint density at radius 2 is 1.00 bits per heavy atom. The predicted octanol–water partition coefficient (Wildman–Crippen LogP) is 6.07. The molecule has 0 bridgehead atoms. The zero-order valence-corrected chi connectivity index (χ0v) is 16.9. The first-order valence-electron chi connectivity index (χ1n) is 8.38. The average molecular weight is 353 g/mol. The number of hydrogen-bond donors (Lipinski definition) is 0. The molecule has 0 fully saturated rings. The molecule has 0 aliphatic heterocycles. The number of rotatable bonds is 0. The summed E-state index contributed by atoms with van der Waals surface area (Å²) in [7, 11) is 0. The summed E-state index contributed by atoms with van der Waals surface area (Å²) in [5, 5.41) is 0. The van der Waals surface area contributed by atoms with Crippen molar-refractivity contribution in [2.75, 3.05) is 0 Å². The smallest absolute Gasteiger partial charge is 0.0100 e. The second-order valence-corrected chi connectivity index (χ2v) is 9.76. The van der Waals surface area contributed by atoms with E-state index in [1.807, 2.05) is 0 Å². The van der Waals surface area contributed by atoms with Crippen LogP contribution in [0.2, 0.25) is 0 Å². The molecule has 24 heavy (non-hydrogen) atoms. The predicted molar refractivity (Wildman–Crippen MR) is 110 cm³/mol. The lowest BCUT2D eigenvalue weighted by Gasteiger charge is -2.27. The van der Waals surface area contributed by atoms with E-state index in [9.17, 15) is 0 Å².